The lowest BCUT2D eigenvalue weighted by Gasteiger charge is -2.19. The van der Waals surface area contributed by atoms with Crippen LogP contribution in [0.3, 0.4) is 0 Å². The minimum Gasteiger partial charge on any atom is -0.493 e. The van der Waals surface area contributed by atoms with Crippen LogP contribution in [0.5, 0.6) is 5.75 Å². The molecule has 0 saturated carbocycles. The Bertz CT molecular complexity index is 381. The van der Waals surface area contributed by atoms with Gasteiger partial charge in [0.1, 0.15) is 5.75 Å². The van der Waals surface area contributed by atoms with Crippen LogP contribution in [0.4, 0.5) is 0 Å². The molecule has 0 unspecified atom stereocenters. The second-order valence-corrected chi connectivity index (χ2v) is 3.26. The Morgan fingerprint density at radius 2 is 2.43 bits per heavy atom. The van der Waals surface area contributed by atoms with E-state index in [9.17, 15) is 4.79 Å². The van der Waals surface area contributed by atoms with Gasteiger partial charge in [-0.05, 0) is 18.4 Å². The molecule has 0 N–H and O–H groups in total. The largest absolute Gasteiger partial charge is 0.493 e. The van der Waals surface area contributed by atoms with Crippen LogP contribution >= 0.6 is 0 Å². The third kappa shape index (κ3) is 1.68. The molecular formula is C11H11NO2. The van der Waals surface area contributed by atoms with Crippen LogP contribution in [0.15, 0.2) is 23.2 Å². The fourth-order valence-electron chi connectivity index (χ4n) is 1.70. The summed E-state index contributed by atoms with van der Waals surface area (Å²) in [5.74, 6) is 0.915. The lowest BCUT2D eigenvalue weighted by Crippen LogP contribution is -2.10. The Morgan fingerprint density at radius 1 is 1.50 bits per heavy atom. The van der Waals surface area contributed by atoms with Crippen molar-refractivity contribution in [3.05, 3.63) is 29.3 Å². The van der Waals surface area contributed by atoms with E-state index >= 15 is 0 Å². The summed E-state index contributed by atoms with van der Waals surface area (Å²) in [6, 6.07) is 5.97. The highest BCUT2D eigenvalue weighted by atomic mass is 16.5. The number of isocyanates is 1. The Morgan fingerprint density at radius 3 is 3.29 bits per heavy atom. The molecule has 3 heteroatoms. The maximum absolute atomic E-state index is 10.0. The molecule has 1 aliphatic rings. The fourth-order valence-corrected chi connectivity index (χ4v) is 1.70. The van der Waals surface area contributed by atoms with E-state index < -0.39 is 0 Å². The van der Waals surface area contributed by atoms with Gasteiger partial charge in [-0.2, -0.15) is 0 Å². The van der Waals surface area contributed by atoms with Crippen molar-refractivity contribution in [3.63, 3.8) is 0 Å². The highest BCUT2D eigenvalue weighted by molar-refractivity contribution is 5.44. The van der Waals surface area contributed by atoms with Gasteiger partial charge in [0.15, 0.2) is 0 Å². The number of ether oxygens (including phenoxy) is 1. The van der Waals surface area contributed by atoms with Crippen LogP contribution in [-0.4, -0.2) is 12.7 Å². The summed E-state index contributed by atoms with van der Waals surface area (Å²) in [6.07, 6.45) is 3.65. The van der Waals surface area contributed by atoms with Gasteiger partial charge in [0.25, 0.3) is 0 Å². The predicted octanol–water partition coefficient (Wildman–Crippen LogP) is 1.85. The molecule has 1 aliphatic heterocycles. The molecule has 1 aromatic carbocycles. The third-order valence-corrected chi connectivity index (χ3v) is 2.33. The maximum atomic E-state index is 10.0. The predicted molar refractivity (Wildman–Crippen MR) is 52.1 cm³/mol. The average molecular weight is 189 g/mol. The van der Waals surface area contributed by atoms with Gasteiger partial charge in [0.05, 0.1) is 13.2 Å². The average Bonchev–Trinajstić information content (AvgIpc) is 2.26. The highest BCUT2D eigenvalue weighted by Gasteiger charge is 2.13. The van der Waals surface area contributed by atoms with E-state index in [1.54, 1.807) is 6.08 Å². The van der Waals surface area contributed by atoms with Gasteiger partial charge in [0, 0.05) is 5.56 Å². The van der Waals surface area contributed by atoms with E-state index in [4.69, 9.17) is 4.74 Å². The molecule has 0 aromatic heterocycles. The zero-order valence-electron chi connectivity index (χ0n) is 7.82. The summed E-state index contributed by atoms with van der Waals surface area (Å²) in [5.41, 5.74) is 2.19. The molecule has 72 valence electrons. The van der Waals surface area contributed by atoms with E-state index in [1.807, 2.05) is 12.1 Å². The standard InChI is InChI=1S/C11H11NO2/c13-8-12-7-10-4-1-3-9-5-2-6-14-11(9)10/h1,3-4H,2,5-7H2. The number of benzene rings is 1. The van der Waals surface area contributed by atoms with E-state index in [1.165, 1.54) is 5.56 Å². The van der Waals surface area contributed by atoms with Gasteiger partial charge in [-0.1, -0.05) is 18.2 Å². The summed E-state index contributed by atoms with van der Waals surface area (Å²) in [6.45, 7) is 1.13. The van der Waals surface area contributed by atoms with Gasteiger partial charge in [-0.3, -0.25) is 0 Å². The summed E-state index contributed by atoms with van der Waals surface area (Å²) < 4.78 is 5.56. The van der Waals surface area contributed by atoms with Gasteiger partial charge in [-0.15, -0.1) is 0 Å². The molecule has 14 heavy (non-hydrogen) atoms. The van der Waals surface area contributed by atoms with E-state index in [2.05, 4.69) is 11.1 Å². The molecule has 0 amide bonds. The van der Waals surface area contributed by atoms with Crippen molar-refractivity contribution in [1.82, 2.24) is 0 Å². The van der Waals surface area contributed by atoms with Crippen LogP contribution in [0.1, 0.15) is 17.5 Å². The summed E-state index contributed by atoms with van der Waals surface area (Å²) >= 11 is 0. The third-order valence-electron chi connectivity index (χ3n) is 2.33. The van der Waals surface area contributed by atoms with Crippen molar-refractivity contribution in [2.24, 2.45) is 4.99 Å². The number of nitrogens with zero attached hydrogens (tertiary/aromatic N) is 1. The first kappa shape index (κ1) is 8.97. The van der Waals surface area contributed by atoms with E-state index in [0.29, 0.717) is 6.54 Å². The van der Waals surface area contributed by atoms with Crippen LogP contribution in [0.25, 0.3) is 0 Å². The van der Waals surface area contributed by atoms with Gasteiger partial charge in [0.2, 0.25) is 6.08 Å². The Balaban J connectivity index is 2.34. The van der Waals surface area contributed by atoms with Crippen molar-refractivity contribution >= 4 is 6.08 Å². The first-order chi connectivity index (χ1) is 6.92. The Kier molecular flexibility index (Phi) is 2.61. The molecule has 3 nitrogen and oxygen atoms in total. The SMILES string of the molecule is O=C=NCc1cccc2c1OCCC2. The van der Waals surface area contributed by atoms with Crippen LogP contribution in [0.2, 0.25) is 0 Å². The van der Waals surface area contributed by atoms with Crippen molar-refractivity contribution < 1.29 is 9.53 Å². The first-order valence-corrected chi connectivity index (χ1v) is 4.69. The number of rotatable bonds is 2. The van der Waals surface area contributed by atoms with Crippen molar-refractivity contribution in [2.45, 2.75) is 19.4 Å². The fraction of sp³-hybridized carbons (Fsp3) is 0.364. The number of aliphatic imine (C=N–C) groups is 1. The smallest absolute Gasteiger partial charge is 0.235 e. The van der Waals surface area contributed by atoms with Crippen LogP contribution < -0.4 is 4.74 Å². The second-order valence-electron chi connectivity index (χ2n) is 3.26. The Hall–Kier alpha value is -1.60. The van der Waals surface area contributed by atoms with Gasteiger partial charge in [-0.25, -0.2) is 9.79 Å². The van der Waals surface area contributed by atoms with Crippen molar-refractivity contribution in [1.29, 1.82) is 0 Å². The number of hydrogen-bond acceptors (Lipinski definition) is 3. The molecule has 1 heterocycles. The van der Waals surface area contributed by atoms with Crippen molar-refractivity contribution in [3.8, 4) is 5.75 Å². The molecule has 0 bridgehead atoms. The minimum absolute atomic E-state index is 0.368. The van der Waals surface area contributed by atoms with Gasteiger partial charge >= 0.3 is 0 Å². The zero-order valence-corrected chi connectivity index (χ0v) is 7.82. The highest BCUT2D eigenvalue weighted by Crippen LogP contribution is 2.29. The number of para-hydroxylation sites is 1. The molecule has 1 aromatic rings. The summed E-state index contributed by atoms with van der Waals surface area (Å²) in [4.78, 5) is 13.6. The second kappa shape index (κ2) is 4.07. The molecule has 0 aliphatic carbocycles. The molecule has 0 spiro atoms. The number of fused-ring (bicyclic) bond motifs is 1. The molecule has 2 rings (SSSR count). The lowest BCUT2D eigenvalue weighted by molar-refractivity contribution is 0.285. The molecule has 0 fully saturated rings. The number of hydrogen-bond donors (Lipinski definition) is 0. The molecule has 0 atom stereocenters. The van der Waals surface area contributed by atoms with E-state index in [-0.39, 0.29) is 0 Å². The molecule has 0 radical (unpaired) electrons. The number of carbonyl (C=O) groups excluding carboxylic acids is 1. The molecule has 0 saturated heterocycles. The molecular weight excluding hydrogens is 178 g/mol. The van der Waals surface area contributed by atoms with Crippen LogP contribution in [-0.2, 0) is 17.8 Å². The normalized spacial score (nSPS) is 13.7. The van der Waals surface area contributed by atoms with E-state index in [0.717, 1.165) is 30.8 Å². The number of aryl methyl sites for hydroxylation is 1. The van der Waals surface area contributed by atoms with Crippen LogP contribution in [0, 0.1) is 0 Å². The maximum Gasteiger partial charge on any atom is 0.235 e. The minimum atomic E-state index is 0.368. The lowest BCUT2D eigenvalue weighted by atomic mass is 10.0. The van der Waals surface area contributed by atoms with Crippen molar-refractivity contribution in [2.75, 3.05) is 6.61 Å². The van der Waals surface area contributed by atoms with Gasteiger partial charge < -0.3 is 4.74 Å². The monoisotopic (exact) mass is 189 g/mol. The topological polar surface area (TPSA) is 38.7 Å². The quantitative estimate of drug-likeness (QED) is 0.526. The Labute approximate surface area is 82.4 Å². The summed E-state index contributed by atoms with van der Waals surface area (Å²) in [5, 5.41) is 0. The zero-order chi connectivity index (χ0) is 9.80. The first-order valence-electron chi connectivity index (χ1n) is 4.69. The summed E-state index contributed by atoms with van der Waals surface area (Å²) in [7, 11) is 0.